The van der Waals surface area contributed by atoms with E-state index in [0.717, 1.165) is 12.1 Å². The molecule has 0 unspecified atom stereocenters. The Morgan fingerprint density at radius 2 is 1.94 bits per heavy atom. The number of alkyl halides is 3. The van der Waals surface area contributed by atoms with Crippen LogP contribution in [-0.2, 0) is 6.18 Å². The van der Waals surface area contributed by atoms with Gasteiger partial charge in [0.25, 0.3) is 5.91 Å². The third-order valence-electron chi connectivity index (χ3n) is 4.74. The Hall–Kier alpha value is -3.88. The Morgan fingerprint density at radius 1 is 1.16 bits per heavy atom. The second-order valence-electron chi connectivity index (χ2n) is 7.10. The summed E-state index contributed by atoms with van der Waals surface area (Å²) in [5.74, 6) is -0.313. The highest BCUT2D eigenvalue weighted by atomic mass is 19.4. The molecular formula is C23H19F3N4O2. The van der Waals surface area contributed by atoms with Crippen molar-refractivity contribution in [1.82, 2.24) is 14.5 Å². The van der Waals surface area contributed by atoms with Crippen molar-refractivity contribution in [2.75, 3.05) is 11.9 Å². The number of anilines is 1. The number of nitrogens with one attached hydrogen (secondary N) is 1. The number of amides is 1. The molecule has 0 saturated carbocycles. The van der Waals surface area contributed by atoms with Gasteiger partial charge in [-0.25, -0.2) is 9.97 Å². The lowest BCUT2D eigenvalue weighted by atomic mass is 10.1. The summed E-state index contributed by atoms with van der Waals surface area (Å²) in [5.41, 5.74) is 0.792. The van der Waals surface area contributed by atoms with E-state index in [1.165, 1.54) is 23.0 Å². The van der Waals surface area contributed by atoms with Crippen LogP contribution in [0.15, 0.2) is 61.1 Å². The van der Waals surface area contributed by atoms with E-state index in [1.807, 2.05) is 0 Å². The first kappa shape index (κ1) is 21.4. The number of hydrogen-bond acceptors (Lipinski definition) is 4. The molecule has 2 heterocycles. The summed E-state index contributed by atoms with van der Waals surface area (Å²) in [5, 5.41) is 3.15. The molecule has 0 atom stereocenters. The first-order chi connectivity index (χ1) is 15.2. The summed E-state index contributed by atoms with van der Waals surface area (Å²) in [4.78, 5) is 21.5. The number of rotatable bonds is 5. The van der Waals surface area contributed by atoms with E-state index >= 15 is 0 Å². The Bertz CT molecular complexity index is 1300. The fourth-order valence-electron chi connectivity index (χ4n) is 3.32. The molecule has 4 aromatic rings. The number of aryl methyl sites for hydroxylation is 1. The molecule has 0 fully saturated rings. The molecule has 164 valence electrons. The van der Waals surface area contributed by atoms with Crippen molar-refractivity contribution < 1.29 is 22.7 Å². The van der Waals surface area contributed by atoms with Gasteiger partial charge in [-0.05, 0) is 38.1 Å². The average Bonchev–Trinajstić information content (AvgIpc) is 3.19. The molecule has 6 nitrogen and oxygen atoms in total. The number of hydrogen-bond donors (Lipinski definition) is 1. The number of benzene rings is 2. The molecule has 0 radical (unpaired) electrons. The predicted octanol–water partition coefficient (Wildman–Crippen LogP) is 5.40. The lowest BCUT2D eigenvalue weighted by Crippen LogP contribution is -2.15. The topological polar surface area (TPSA) is 69.0 Å². The van der Waals surface area contributed by atoms with E-state index in [-0.39, 0.29) is 22.8 Å². The van der Waals surface area contributed by atoms with Gasteiger partial charge in [0.2, 0.25) is 5.88 Å². The number of carbonyl (C=O) groups excluding carboxylic acids is 1. The molecule has 1 N–H and O–H groups in total. The number of imidazole rings is 1. The minimum atomic E-state index is -4.59. The highest BCUT2D eigenvalue weighted by Crippen LogP contribution is 2.33. The van der Waals surface area contributed by atoms with Gasteiger partial charge >= 0.3 is 6.18 Å². The van der Waals surface area contributed by atoms with E-state index < -0.39 is 17.6 Å². The van der Waals surface area contributed by atoms with Crippen molar-refractivity contribution in [3.8, 4) is 11.6 Å². The number of ether oxygens (including phenoxy) is 1. The first-order valence-corrected chi connectivity index (χ1v) is 9.82. The average molecular weight is 440 g/mol. The first-order valence-electron chi connectivity index (χ1n) is 9.82. The van der Waals surface area contributed by atoms with Crippen LogP contribution < -0.4 is 10.1 Å². The molecule has 2 aromatic heterocycles. The van der Waals surface area contributed by atoms with Gasteiger partial charge in [-0.1, -0.05) is 18.2 Å². The zero-order valence-electron chi connectivity index (χ0n) is 17.3. The number of para-hydroxylation sites is 1. The lowest BCUT2D eigenvalue weighted by molar-refractivity contribution is -0.137. The van der Waals surface area contributed by atoms with Crippen LogP contribution in [0.2, 0.25) is 0 Å². The van der Waals surface area contributed by atoms with Gasteiger partial charge in [0, 0.05) is 29.0 Å². The smallest absolute Gasteiger partial charge is 0.416 e. The Balaban J connectivity index is 1.76. The van der Waals surface area contributed by atoms with Crippen molar-refractivity contribution in [3.05, 3.63) is 77.9 Å². The monoisotopic (exact) mass is 440 g/mol. The highest BCUT2D eigenvalue weighted by molar-refractivity contribution is 6.12. The summed E-state index contributed by atoms with van der Waals surface area (Å²) in [6.07, 6.45) is -1.57. The second-order valence-corrected chi connectivity index (χ2v) is 7.10. The van der Waals surface area contributed by atoms with Crippen molar-refractivity contribution in [1.29, 1.82) is 0 Å². The number of carbonyl (C=O) groups is 1. The lowest BCUT2D eigenvalue weighted by Gasteiger charge is -2.14. The number of pyridine rings is 1. The molecule has 0 saturated heterocycles. The van der Waals surface area contributed by atoms with Gasteiger partial charge in [0.05, 0.1) is 35.3 Å². The van der Waals surface area contributed by atoms with Crippen LogP contribution in [0, 0.1) is 6.92 Å². The largest absolute Gasteiger partial charge is 0.478 e. The second kappa shape index (κ2) is 8.33. The van der Waals surface area contributed by atoms with Crippen molar-refractivity contribution in [3.63, 3.8) is 0 Å². The third kappa shape index (κ3) is 4.41. The SMILES string of the molecule is CCOc1cc(C(=O)Nc2cc(-n3cnc(C)c3)cc(C(F)(F)F)c2)c2ccccc2n1. The van der Waals surface area contributed by atoms with Gasteiger partial charge in [0.1, 0.15) is 0 Å². The van der Waals surface area contributed by atoms with E-state index in [1.54, 1.807) is 44.3 Å². The molecule has 9 heteroatoms. The summed E-state index contributed by atoms with van der Waals surface area (Å²) >= 11 is 0. The minimum absolute atomic E-state index is 0.00466. The molecule has 32 heavy (non-hydrogen) atoms. The number of fused-ring (bicyclic) bond motifs is 1. The van der Waals surface area contributed by atoms with Gasteiger partial charge in [-0.3, -0.25) is 4.79 Å². The maximum Gasteiger partial charge on any atom is 0.416 e. The molecule has 1 amide bonds. The van der Waals surface area contributed by atoms with Crippen LogP contribution in [0.25, 0.3) is 16.6 Å². The number of aromatic nitrogens is 3. The highest BCUT2D eigenvalue weighted by Gasteiger charge is 2.31. The van der Waals surface area contributed by atoms with Crippen LogP contribution in [-0.4, -0.2) is 27.0 Å². The standard InChI is InChI=1S/C23H19F3N4O2/c1-3-32-21-11-19(18-6-4-5-7-20(18)29-21)22(31)28-16-8-15(23(24,25)26)9-17(10-16)30-12-14(2)27-13-30/h4-13H,3H2,1-2H3,(H,28,31). The summed E-state index contributed by atoms with van der Waals surface area (Å²) in [7, 11) is 0. The third-order valence-corrected chi connectivity index (χ3v) is 4.74. The van der Waals surface area contributed by atoms with Gasteiger partial charge < -0.3 is 14.6 Å². The van der Waals surface area contributed by atoms with Gasteiger partial charge in [-0.2, -0.15) is 13.2 Å². The minimum Gasteiger partial charge on any atom is -0.478 e. The Labute approximate surface area is 181 Å². The predicted molar refractivity (Wildman–Crippen MR) is 114 cm³/mol. The fourth-order valence-corrected chi connectivity index (χ4v) is 3.32. The van der Waals surface area contributed by atoms with Gasteiger partial charge in [-0.15, -0.1) is 0 Å². The van der Waals surface area contributed by atoms with Crippen LogP contribution in [0.1, 0.15) is 28.5 Å². The molecule has 0 aliphatic heterocycles. The Kier molecular flexibility index (Phi) is 5.56. The van der Waals surface area contributed by atoms with Crippen molar-refractivity contribution in [2.24, 2.45) is 0 Å². The maximum atomic E-state index is 13.5. The summed E-state index contributed by atoms with van der Waals surface area (Å²) < 4.78 is 47.5. The van der Waals surface area contributed by atoms with E-state index in [4.69, 9.17) is 4.74 Å². The quantitative estimate of drug-likeness (QED) is 0.451. The van der Waals surface area contributed by atoms with Crippen molar-refractivity contribution in [2.45, 2.75) is 20.0 Å². The summed E-state index contributed by atoms with van der Waals surface area (Å²) in [6.45, 7) is 3.88. The van der Waals surface area contributed by atoms with E-state index in [2.05, 4.69) is 15.3 Å². The van der Waals surface area contributed by atoms with Gasteiger partial charge in [0.15, 0.2) is 0 Å². The van der Waals surface area contributed by atoms with Crippen LogP contribution in [0.5, 0.6) is 5.88 Å². The molecule has 0 aliphatic rings. The molecule has 0 aliphatic carbocycles. The normalized spacial score (nSPS) is 11.5. The summed E-state index contributed by atoms with van der Waals surface area (Å²) in [6, 6.07) is 11.8. The number of nitrogens with zero attached hydrogens (tertiary/aromatic N) is 3. The van der Waals surface area contributed by atoms with Crippen LogP contribution >= 0.6 is 0 Å². The zero-order chi connectivity index (χ0) is 22.9. The number of halogens is 3. The van der Waals surface area contributed by atoms with E-state index in [9.17, 15) is 18.0 Å². The fraction of sp³-hybridized carbons (Fsp3) is 0.174. The molecular weight excluding hydrogens is 421 g/mol. The molecule has 0 spiro atoms. The zero-order valence-corrected chi connectivity index (χ0v) is 17.3. The molecule has 2 aromatic carbocycles. The molecule has 0 bridgehead atoms. The van der Waals surface area contributed by atoms with Crippen molar-refractivity contribution >= 4 is 22.5 Å². The molecule has 4 rings (SSSR count). The maximum absolute atomic E-state index is 13.5. The Morgan fingerprint density at radius 3 is 2.62 bits per heavy atom. The van der Waals surface area contributed by atoms with E-state index in [0.29, 0.717) is 23.2 Å². The van der Waals surface area contributed by atoms with Crippen LogP contribution in [0.3, 0.4) is 0 Å². The van der Waals surface area contributed by atoms with Crippen LogP contribution in [0.4, 0.5) is 18.9 Å².